The van der Waals surface area contributed by atoms with Crippen LogP contribution in [0.15, 0.2) is 54.7 Å². The molecule has 0 spiro atoms. The Bertz CT molecular complexity index is 683. The topological polar surface area (TPSA) is 53.8 Å². The van der Waals surface area contributed by atoms with Gasteiger partial charge in [0, 0.05) is 35.9 Å². The third-order valence-corrected chi connectivity index (χ3v) is 3.59. The van der Waals surface area contributed by atoms with Gasteiger partial charge in [0.05, 0.1) is 0 Å². The van der Waals surface area contributed by atoms with Crippen molar-refractivity contribution in [1.82, 2.24) is 4.98 Å². The molecule has 0 unspecified atom stereocenters. The van der Waals surface area contributed by atoms with Gasteiger partial charge in [0.2, 0.25) is 0 Å². The Morgan fingerprint density at radius 3 is 2.60 bits per heavy atom. The molecule has 3 nitrogen and oxygen atoms in total. The molecule has 3 aromatic rings. The van der Waals surface area contributed by atoms with E-state index in [2.05, 4.69) is 65.0 Å². The van der Waals surface area contributed by atoms with Gasteiger partial charge in [-0.3, -0.25) is 0 Å². The fraction of sp³-hybridized carbons (Fsp3) is 0.176. The van der Waals surface area contributed by atoms with Crippen molar-refractivity contribution in [2.75, 3.05) is 11.9 Å². The fourth-order valence-electron chi connectivity index (χ4n) is 2.44. The Morgan fingerprint density at radius 1 is 1.00 bits per heavy atom. The molecule has 2 aromatic carbocycles. The smallest absolute Gasteiger partial charge is 0.0456 e. The Kier molecular flexibility index (Phi) is 3.70. The lowest BCUT2D eigenvalue weighted by Crippen LogP contribution is -2.04. The SMILES string of the molecule is NCc1ccc(NCCc2c[nH]c3ccccc23)cc1. The third kappa shape index (κ3) is 2.68. The molecular formula is C17H19N3. The predicted molar refractivity (Wildman–Crippen MR) is 84.8 cm³/mol. The van der Waals surface area contributed by atoms with Gasteiger partial charge in [0.1, 0.15) is 0 Å². The molecule has 0 fully saturated rings. The second-order valence-electron chi connectivity index (χ2n) is 4.94. The molecule has 0 bridgehead atoms. The molecule has 0 aliphatic rings. The van der Waals surface area contributed by atoms with Crippen molar-refractivity contribution in [3.05, 3.63) is 65.9 Å². The molecule has 0 radical (unpaired) electrons. The van der Waals surface area contributed by atoms with Crippen LogP contribution < -0.4 is 11.1 Å². The molecule has 3 rings (SSSR count). The lowest BCUT2D eigenvalue weighted by Gasteiger charge is -2.06. The molecule has 0 aliphatic heterocycles. The van der Waals surface area contributed by atoms with Gasteiger partial charge in [-0.05, 0) is 35.7 Å². The highest BCUT2D eigenvalue weighted by Gasteiger charge is 2.02. The Morgan fingerprint density at radius 2 is 1.80 bits per heavy atom. The molecule has 4 N–H and O–H groups in total. The lowest BCUT2D eigenvalue weighted by molar-refractivity contribution is 1.03. The van der Waals surface area contributed by atoms with E-state index in [1.54, 1.807) is 0 Å². The van der Waals surface area contributed by atoms with E-state index in [9.17, 15) is 0 Å². The van der Waals surface area contributed by atoms with E-state index < -0.39 is 0 Å². The van der Waals surface area contributed by atoms with Crippen LogP contribution in [0.2, 0.25) is 0 Å². The summed E-state index contributed by atoms with van der Waals surface area (Å²) in [6.45, 7) is 1.51. The number of aromatic nitrogens is 1. The van der Waals surface area contributed by atoms with Crippen molar-refractivity contribution in [3.63, 3.8) is 0 Å². The van der Waals surface area contributed by atoms with E-state index in [4.69, 9.17) is 5.73 Å². The van der Waals surface area contributed by atoms with Crippen LogP contribution in [0.4, 0.5) is 5.69 Å². The average molecular weight is 265 g/mol. The van der Waals surface area contributed by atoms with Gasteiger partial charge in [-0.1, -0.05) is 30.3 Å². The molecular weight excluding hydrogens is 246 g/mol. The standard InChI is InChI=1S/C17H19N3/c18-11-13-5-7-15(8-6-13)19-10-9-14-12-20-17-4-2-1-3-16(14)17/h1-8,12,19-20H,9-11,18H2. The molecule has 1 aromatic heterocycles. The van der Waals surface area contributed by atoms with Gasteiger partial charge in [0.15, 0.2) is 0 Å². The molecule has 1 heterocycles. The number of rotatable bonds is 5. The molecule has 102 valence electrons. The zero-order valence-electron chi connectivity index (χ0n) is 11.4. The van der Waals surface area contributed by atoms with Crippen molar-refractivity contribution in [2.24, 2.45) is 5.73 Å². The summed E-state index contributed by atoms with van der Waals surface area (Å²) >= 11 is 0. The first-order chi connectivity index (χ1) is 9.86. The van der Waals surface area contributed by atoms with Gasteiger partial charge in [-0.25, -0.2) is 0 Å². The number of benzene rings is 2. The molecule has 3 heteroatoms. The molecule has 20 heavy (non-hydrogen) atoms. The Labute approximate surface area is 118 Å². The monoisotopic (exact) mass is 265 g/mol. The summed E-state index contributed by atoms with van der Waals surface area (Å²) in [7, 11) is 0. The Balaban J connectivity index is 1.62. The molecule has 0 saturated heterocycles. The number of fused-ring (bicyclic) bond motifs is 1. The molecule has 0 amide bonds. The maximum absolute atomic E-state index is 5.59. The lowest BCUT2D eigenvalue weighted by atomic mass is 10.1. The summed E-state index contributed by atoms with van der Waals surface area (Å²) < 4.78 is 0. The zero-order valence-corrected chi connectivity index (χ0v) is 11.4. The van der Waals surface area contributed by atoms with Crippen LogP contribution in [0.25, 0.3) is 10.9 Å². The highest BCUT2D eigenvalue weighted by atomic mass is 14.9. The minimum absolute atomic E-state index is 0.593. The number of hydrogen-bond donors (Lipinski definition) is 3. The Hall–Kier alpha value is -2.26. The van der Waals surface area contributed by atoms with Crippen molar-refractivity contribution in [2.45, 2.75) is 13.0 Å². The summed E-state index contributed by atoms with van der Waals surface area (Å²) in [5.41, 5.74) is 10.5. The number of para-hydroxylation sites is 1. The van der Waals surface area contributed by atoms with Crippen molar-refractivity contribution < 1.29 is 0 Å². The van der Waals surface area contributed by atoms with Crippen LogP contribution in [0.5, 0.6) is 0 Å². The van der Waals surface area contributed by atoms with Crippen LogP contribution in [0.1, 0.15) is 11.1 Å². The summed E-state index contributed by atoms with van der Waals surface area (Å²) in [6, 6.07) is 16.7. The number of anilines is 1. The van der Waals surface area contributed by atoms with E-state index >= 15 is 0 Å². The van der Waals surface area contributed by atoms with Crippen molar-refractivity contribution >= 4 is 16.6 Å². The second kappa shape index (κ2) is 5.80. The average Bonchev–Trinajstić information content (AvgIpc) is 2.92. The normalized spacial score (nSPS) is 10.8. The van der Waals surface area contributed by atoms with Crippen LogP contribution in [0.3, 0.4) is 0 Å². The quantitative estimate of drug-likeness (QED) is 0.663. The number of aromatic amines is 1. The third-order valence-electron chi connectivity index (χ3n) is 3.59. The first-order valence-electron chi connectivity index (χ1n) is 6.94. The van der Waals surface area contributed by atoms with Gasteiger partial charge in [-0.2, -0.15) is 0 Å². The van der Waals surface area contributed by atoms with Crippen molar-refractivity contribution in [1.29, 1.82) is 0 Å². The number of hydrogen-bond acceptors (Lipinski definition) is 2. The van der Waals surface area contributed by atoms with E-state index in [-0.39, 0.29) is 0 Å². The zero-order chi connectivity index (χ0) is 13.8. The summed E-state index contributed by atoms with van der Waals surface area (Å²) in [5.74, 6) is 0. The van der Waals surface area contributed by atoms with E-state index in [0.29, 0.717) is 6.54 Å². The minimum Gasteiger partial charge on any atom is -0.385 e. The van der Waals surface area contributed by atoms with Crippen molar-refractivity contribution in [3.8, 4) is 0 Å². The largest absolute Gasteiger partial charge is 0.385 e. The van der Waals surface area contributed by atoms with Gasteiger partial charge >= 0.3 is 0 Å². The van der Waals surface area contributed by atoms with Crippen LogP contribution >= 0.6 is 0 Å². The molecule has 0 aliphatic carbocycles. The van der Waals surface area contributed by atoms with Crippen LogP contribution in [-0.2, 0) is 13.0 Å². The highest BCUT2D eigenvalue weighted by Crippen LogP contribution is 2.18. The van der Waals surface area contributed by atoms with Gasteiger partial charge in [-0.15, -0.1) is 0 Å². The number of H-pyrrole nitrogens is 1. The van der Waals surface area contributed by atoms with E-state index in [1.165, 1.54) is 16.5 Å². The van der Waals surface area contributed by atoms with E-state index in [1.807, 2.05) is 0 Å². The minimum atomic E-state index is 0.593. The van der Waals surface area contributed by atoms with Crippen LogP contribution in [0, 0.1) is 0 Å². The fourth-order valence-corrected chi connectivity index (χ4v) is 2.44. The number of nitrogens with one attached hydrogen (secondary N) is 2. The maximum Gasteiger partial charge on any atom is 0.0456 e. The summed E-state index contributed by atoms with van der Waals surface area (Å²) in [4.78, 5) is 3.31. The van der Waals surface area contributed by atoms with E-state index in [0.717, 1.165) is 24.2 Å². The van der Waals surface area contributed by atoms with Crippen LogP contribution in [-0.4, -0.2) is 11.5 Å². The predicted octanol–water partition coefficient (Wildman–Crippen LogP) is 3.28. The molecule has 0 atom stereocenters. The molecule has 0 saturated carbocycles. The summed E-state index contributed by atoms with van der Waals surface area (Å²) in [6.07, 6.45) is 3.10. The first-order valence-corrected chi connectivity index (χ1v) is 6.94. The van der Waals surface area contributed by atoms with Gasteiger partial charge < -0.3 is 16.0 Å². The number of nitrogens with two attached hydrogens (primary N) is 1. The first kappa shape index (κ1) is 12.8. The van der Waals surface area contributed by atoms with Gasteiger partial charge in [0.25, 0.3) is 0 Å². The summed E-state index contributed by atoms with van der Waals surface area (Å²) in [5, 5.41) is 4.76. The highest BCUT2D eigenvalue weighted by molar-refractivity contribution is 5.83. The second-order valence-corrected chi connectivity index (χ2v) is 4.94. The maximum atomic E-state index is 5.59.